The van der Waals surface area contributed by atoms with Crippen LogP contribution in [0.2, 0.25) is 0 Å². The third-order valence-electron chi connectivity index (χ3n) is 5.82. The fourth-order valence-electron chi connectivity index (χ4n) is 4.02. The minimum Gasteiger partial charge on any atom is -0.217 e. The highest BCUT2D eigenvalue weighted by Gasteiger charge is 2.35. The molecule has 0 bridgehead atoms. The predicted octanol–water partition coefficient (Wildman–Crippen LogP) is 6.44. The smallest absolute Gasteiger partial charge is 0.163 e. The van der Waals surface area contributed by atoms with Crippen LogP contribution in [0.3, 0.4) is 0 Å². The molecular formula is C26H31N3. The molecular weight excluding hydrogens is 354 g/mol. The van der Waals surface area contributed by atoms with Gasteiger partial charge in [-0.1, -0.05) is 91.8 Å². The zero-order chi connectivity index (χ0) is 21.2. The minimum atomic E-state index is -0.135. The van der Waals surface area contributed by atoms with Gasteiger partial charge in [0.2, 0.25) is 0 Å². The van der Waals surface area contributed by atoms with E-state index in [-0.39, 0.29) is 16.2 Å². The molecule has 29 heavy (non-hydrogen) atoms. The monoisotopic (exact) mass is 385 g/mol. The number of hydrogen-bond donors (Lipinski definition) is 0. The van der Waals surface area contributed by atoms with E-state index in [0.717, 1.165) is 23.0 Å². The highest BCUT2D eigenvalue weighted by molar-refractivity contribution is 5.82. The summed E-state index contributed by atoms with van der Waals surface area (Å²) in [6.07, 6.45) is 0. The number of fused-ring (bicyclic) bond motifs is 3. The lowest BCUT2D eigenvalue weighted by Crippen LogP contribution is -2.24. The van der Waals surface area contributed by atoms with Gasteiger partial charge in [0, 0.05) is 21.8 Å². The van der Waals surface area contributed by atoms with Gasteiger partial charge in [0.25, 0.3) is 0 Å². The van der Waals surface area contributed by atoms with E-state index in [1.807, 2.05) is 0 Å². The van der Waals surface area contributed by atoms with Crippen LogP contribution in [0.4, 0.5) is 0 Å². The molecule has 150 valence electrons. The first-order chi connectivity index (χ1) is 13.4. The second kappa shape index (κ2) is 6.22. The van der Waals surface area contributed by atoms with Gasteiger partial charge >= 0.3 is 0 Å². The lowest BCUT2D eigenvalue weighted by atomic mass is 9.82. The van der Waals surface area contributed by atoms with Gasteiger partial charge in [-0.05, 0) is 28.3 Å². The van der Waals surface area contributed by atoms with E-state index < -0.39 is 0 Å². The Morgan fingerprint density at radius 1 is 0.655 bits per heavy atom. The molecule has 1 aliphatic carbocycles. The predicted molar refractivity (Wildman–Crippen MR) is 120 cm³/mol. The summed E-state index contributed by atoms with van der Waals surface area (Å²) in [5.41, 5.74) is 6.13. The van der Waals surface area contributed by atoms with Crippen LogP contribution in [0.25, 0.3) is 22.5 Å². The van der Waals surface area contributed by atoms with E-state index in [4.69, 9.17) is 15.0 Å². The largest absolute Gasteiger partial charge is 0.217 e. The van der Waals surface area contributed by atoms with Gasteiger partial charge in [0.15, 0.2) is 5.82 Å². The molecule has 0 spiro atoms. The van der Waals surface area contributed by atoms with Crippen LogP contribution in [0.5, 0.6) is 0 Å². The zero-order valence-corrected chi connectivity index (χ0v) is 18.9. The van der Waals surface area contributed by atoms with E-state index >= 15 is 0 Å². The maximum atomic E-state index is 4.89. The summed E-state index contributed by atoms with van der Waals surface area (Å²) in [5.74, 6) is 2.45. The maximum absolute atomic E-state index is 4.89. The van der Waals surface area contributed by atoms with Crippen LogP contribution in [-0.2, 0) is 16.2 Å². The minimum absolute atomic E-state index is 0.0331. The molecule has 0 amide bonds. The van der Waals surface area contributed by atoms with Gasteiger partial charge < -0.3 is 0 Å². The first kappa shape index (κ1) is 19.8. The molecule has 0 saturated carbocycles. The van der Waals surface area contributed by atoms with Crippen LogP contribution >= 0.6 is 0 Å². The van der Waals surface area contributed by atoms with Crippen molar-refractivity contribution >= 4 is 0 Å². The molecule has 3 nitrogen and oxygen atoms in total. The van der Waals surface area contributed by atoms with Crippen molar-refractivity contribution < 1.29 is 0 Å². The molecule has 0 N–H and O–H groups in total. The Bertz CT molecular complexity index is 1060. The quantitative estimate of drug-likeness (QED) is 0.484. The molecule has 1 heterocycles. The average molecular weight is 386 g/mol. The van der Waals surface area contributed by atoms with Gasteiger partial charge in [-0.15, -0.1) is 0 Å². The molecule has 3 heteroatoms. The van der Waals surface area contributed by atoms with E-state index in [9.17, 15) is 0 Å². The van der Waals surface area contributed by atoms with Gasteiger partial charge in [0.05, 0.1) is 0 Å². The Kier molecular flexibility index (Phi) is 4.24. The van der Waals surface area contributed by atoms with Crippen molar-refractivity contribution in [2.24, 2.45) is 0 Å². The first-order valence-electron chi connectivity index (χ1n) is 10.4. The van der Waals surface area contributed by atoms with Crippen molar-refractivity contribution in [3.63, 3.8) is 0 Å². The number of nitrogens with zero attached hydrogens (tertiary/aromatic N) is 3. The van der Waals surface area contributed by atoms with Gasteiger partial charge in [0.1, 0.15) is 11.6 Å². The third kappa shape index (κ3) is 3.27. The standard InChI is InChI=1S/C26H31N3/c1-24(2,3)22-27-21(28-23(29-22)25(4,5)6)16-13-14-18-17-11-9-10-12-19(17)26(7,8)20(18)15-16/h9-15H,1-8H3. The summed E-state index contributed by atoms with van der Waals surface area (Å²) in [5, 5.41) is 0. The highest BCUT2D eigenvalue weighted by Crippen LogP contribution is 2.49. The van der Waals surface area contributed by atoms with Crippen molar-refractivity contribution in [2.45, 2.75) is 71.6 Å². The second-order valence-electron chi connectivity index (χ2n) is 10.7. The van der Waals surface area contributed by atoms with Crippen LogP contribution in [0, 0.1) is 0 Å². The Labute approximate surface area is 174 Å². The van der Waals surface area contributed by atoms with Crippen molar-refractivity contribution in [2.75, 3.05) is 0 Å². The fraction of sp³-hybridized carbons (Fsp3) is 0.423. The second-order valence-corrected chi connectivity index (χ2v) is 10.7. The average Bonchev–Trinajstić information content (AvgIpc) is 2.88. The normalized spacial score (nSPS) is 15.2. The molecule has 3 aromatic rings. The van der Waals surface area contributed by atoms with E-state index in [0.29, 0.717) is 0 Å². The molecule has 0 fully saturated rings. The Morgan fingerprint density at radius 2 is 1.21 bits per heavy atom. The number of benzene rings is 2. The lowest BCUT2D eigenvalue weighted by molar-refractivity contribution is 0.497. The summed E-state index contributed by atoms with van der Waals surface area (Å²) in [7, 11) is 0. The van der Waals surface area contributed by atoms with Crippen LogP contribution in [0.15, 0.2) is 42.5 Å². The molecule has 1 aliphatic rings. The zero-order valence-electron chi connectivity index (χ0n) is 18.9. The summed E-state index contributed by atoms with van der Waals surface area (Å²) in [6.45, 7) is 17.5. The summed E-state index contributed by atoms with van der Waals surface area (Å²) in [4.78, 5) is 14.6. The van der Waals surface area contributed by atoms with E-state index in [1.54, 1.807) is 0 Å². The van der Waals surface area contributed by atoms with Crippen molar-refractivity contribution in [3.8, 4) is 22.5 Å². The first-order valence-corrected chi connectivity index (χ1v) is 10.4. The SMILES string of the molecule is CC(C)(C)c1nc(-c2ccc3c(c2)C(C)(C)c2ccccc2-3)nc(C(C)(C)C)n1. The number of rotatable bonds is 1. The molecule has 1 aromatic heterocycles. The lowest BCUT2D eigenvalue weighted by Gasteiger charge is -2.24. The Balaban J connectivity index is 1.91. The van der Waals surface area contributed by atoms with Crippen LogP contribution in [-0.4, -0.2) is 15.0 Å². The summed E-state index contributed by atoms with van der Waals surface area (Å²) < 4.78 is 0. The van der Waals surface area contributed by atoms with E-state index in [1.165, 1.54) is 22.3 Å². The molecule has 0 saturated heterocycles. The van der Waals surface area contributed by atoms with Crippen molar-refractivity contribution in [3.05, 3.63) is 65.2 Å². The number of aromatic nitrogens is 3. The molecule has 0 atom stereocenters. The highest BCUT2D eigenvalue weighted by atomic mass is 15.1. The van der Waals surface area contributed by atoms with Crippen molar-refractivity contribution in [1.82, 2.24) is 15.0 Å². The summed E-state index contributed by atoms with van der Waals surface area (Å²) >= 11 is 0. The third-order valence-corrected chi connectivity index (χ3v) is 5.82. The van der Waals surface area contributed by atoms with E-state index in [2.05, 4.69) is 97.9 Å². The van der Waals surface area contributed by atoms with Gasteiger partial charge in [-0.2, -0.15) is 0 Å². The molecule has 2 aromatic carbocycles. The molecule has 0 unspecified atom stereocenters. The number of hydrogen-bond acceptors (Lipinski definition) is 3. The topological polar surface area (TPSA) is 38.7 Å². The Hall–Kier alpha value is -2.55. The van der Waals surface area contributed by atoms with Gasteiger partial charge in [-0.3, -0.25) is 0 Å². The van der Waals surface area contributed by atoms with Crippen molar-refractivity contribution in [1.29, 1.82) is 0 Å². The maximum Gasteiger partial charge on any atom is 0.163 e. The molecule has 0 radical (unpaired) electrons. The van der Waals surface area contributed by atoms with Crippen LogP contribution < -0.4 is 0 Å². The summed E-state index contributed by atoms with van der Waals surface area (Å²) in [6, 6.07) is 15.4. The molecule has 0 aliphatic heterocycles. The van der Waals surface area contributed by atoms with Crippen LogP contribution in [0.1, 0.15) is 78.2 Å². The molecule has 4 rings (SSSR count). The Morgan fingerprint density at radius 3 is 1.79 bits per heavy atom. The fourth-order valence-corrected chi connectivity index (χ4v) is 4.02. The van der Waals surface area contributed by atoms with Gasteiger partial charge in [-0.25, -0.2) is 15.0 Å².